The monoisotopic (exact) mass is 228 g/mol. The molecule has 0 aliphatic rings. The van der Waals surface area contributed by atoms with E-state index in [9.17, 15) is 18.0 Å². The molecule has 90 valence electrons. The lowest BCUT2D eigenvalue weighted by Gasteiger charge is -2.24. The fraction of sp³-hybridized carbons (Fsp3) is 0.875. The first-order valence-electron chi connectivity index (χ1n) is 4.32. The van der Waals surface area contributed by atoms with E-state index in [1.54, 1.807) is 0 Å². The highest BCUT2D eigenvalue weighted by atomic mass is 19.4. The number of carbonyl (C=O) groups is 1. The molecule has 7 heteroatoms. The zero-order valence-electron chi connectivity index (χ0n) is 8.60. The topological polar surface area (TPSA) is 78.3 Å². The Labute approximate surface area is 85.7 Å². The largest absolute Gasteiger partial charge is 0.411 e. The maximum atomic E-state index is 11.8. The Morgan fingerprint density at radius 3 is 2.27 bits per heavy atom. The Morgan fingerprint density at radius 1 is 1.47 bits per heavy atom. The third-order valence-corrected chi connectivity index (χ3v) is 1.81. The van der Waals surface area contributed by atoms with Crippen LogP contribution in [0.5, 0.6) is 0 Å². The average molecular weight is 228 g/mol. The molecule has 0 bridgehead atoms. The van der Waals surface area contributed by atoms with Crippen molar-refractivity contribution in [1.82, 2.24) is 0 Å². The third-order valence-electron chi connectivity index (χ3n) is 1.81. The Kier molecular flexibility index (Phi) is 4.54. The molecule has 0 heterocycles. The Bertz CT molecular complexity index is 228. The molecule has 0 rings (SSSR count). The molecule has 4 N–H and O–H groups in total. The van der Waals surface area contributed by atoms with Gasteiger partial charge in [-0.05, 0) is 20.3 Å². The van der Waals surface area contributed by atoms with E-state index in [0.717, 1.165) is 0 Å². The first-order chi connectivity index (χ1) is 6.54. The molecule has 0 aromatic heterocycles. The predicted octanol–water partition coefficient (Wildman–Crippen LogP) is 0.547. The van der Waals surface area contributed by atoms with Gasteiger partial charge >= 0.3 is 6.18 Å². The van der Waals surface area contributed by atoms with E-state index in [1.165, 1.54) is 13.8 Å². The van der Waals surface area contributed by atoms with Crippen LogP contribution in [0, 0.1) is 0 Å². The van der Waals surface area contributed by atoms with E-state index >= 15 is 0 Å². The smallest absolute Gasteiger partial charge is 0.369 e. The number of halogens is 3. The number of primary amides is 1. The van der Waals surface area contributed by atoms with Crippen molar-refractivity contribution >= 4 is 5.91 Å². The van der Waals surface area contributed by atoms with E-state index in [1.807, 2.05) is 0 Å². The molecular formula is C8H15F3N2O2. The average Bonchev–Trinajstić information content (AvgIpc) is 1.98. The van der Waals surface area contributed by atoms with E-state index in [0.29, 0.717) is 0 Å². The van der Waals surface area contributed by atoms with Gasteiger partial charge in [0.25, 0.3) is 0 Å². The molecule has 0 saturated heterocycles. The van der Waals surface area contributed by atoms with Crippen molar-refractivity contribution < 1.29 is 22.7 Å². The molecule has 0 aromatic carbocycles. The lowest BCUT2D eigenvalue weighted by molar-refractivity contribution is -0.185. The van der Waals surface area contributed by atoms with Gasteiger partial charge in [-0.2, -0.15) is 13.2 Å². The van der Waals surface area contributed by atoms with Gasteiger partial charge < -0.3 is 16.2 Å². The van der Waals surface area contributed by atoms with Gasteiger partial charge in [0.2, 0.25) is 5.91 Å². The van der Waals surface area contributed by atoms with Gasteiger partial charge in [0, 0.05) is 0 Å². The quantitative estimate of drug-likeness (QED) is 0.721. The maximum Gasteiger partial charge on any atom is 0.411 e. The second-order valence-electron chi connectivity index (χ2n) is 3.72. The molecular weight excluding hydrogens is 213 g/mol. The molecule has 0 spiro atoms. The summed E-state index contributed by atoms with van der Waals surface area (Å²) in [6.45, 7) is 1.39. The zero-order chi connectivity index (χ0) is 12.3. The number of hydrogen-bond donors (Lipinski definition) is 2. The van der Waals surface area contributed by atoms with Gasteiger partial charge in [-0.1, -0.05) is 0 Å². The number of nitrogens with two attached hydrogens (primary N) is 2. The van der Waals surface area contributed by atoms with Crippen LogP contribution in [0.2, 0.25) is 0 Å². The lowest BCUT2D eigenvalue weighted by Crippen LogP contribution is -2.51. The molecule has 1 amide bonds. The molecule has 15 heavy (non-hydrogen) atoms. The van der Waals surface area contributed by atoms with Crippen LogP contribution in [0.25, 0.3) is 0 Å². The van der Waals surface area contributed by atoms with Crippen molar-refractivity contribution in [3.05, 3.63) is 0 Å². The minimum atomic E-state index is -4.38. The van der Waals surface area contributed by atoms with Gasteiger partial charge in [0.15, 0.2) is 0 Å². The number of amides is 1. The van der Waals surface area contributed by atoms with Crippen LogP contribution in [0.15, 0.2) is 0 Å². The third kappa shape index (κ3) is 6.29. The van der Waals surface area contributed by atoms with Gasteiger partial charge in [-0.15, -0.1) is 0 Å². The normalized spacial score (nSPS) is 18.3. The van der Waals surface area contributed by atoms with Crippen LogP contribution >= 0.6 is 0 Å². The molecule has 0 aromatic rings. The number of ether oxygens (including phenoxy) is 1. The SMILES string of the molecule is CC(CC(C)(N)C(N)=O)OCC(F)(F)F. The van der Waals surface area contributed by atoms with Crippen molar-refractivity contribution in [1.29, 1.82) is 0 Å². The summed E-state index contributed by atoms with van der Waals surface area (Å²) < 4.78 is 39.8. The van der Waals surface area contributed by atoms with Crippen molar-refractivity contribution in [3.63, 3.8) is 0 Å². The number of carbonyl (C=O) groups excluding carboxylic acids is 1. The van der Waals surface area contributed by atoms with Crippen LogP contribution in [-0.4, -0.2) is 30.3 Å². The minimum Gasteiger partial charge on any atom is -0.369 e. The van der Waals surface area contributed by atoms with Gasteiger partial charge in [0.05, 0.1) is 11.6 Å². The van der Waals surface area contributed by atoms with Crippen LogP contribution in [-0.2, 0) is 9.53 Å². The maximum absolute atomic E-state index is 11.8. The fourth-order valence-corrected chi connectivity index (χ4v) is 0.993. The van der Waals surface area contributed by atoms with Crippen LogP contribution < -0.4 is 11.5 Å². The molecule has 0 aliphatic heterocycles. The van der Waals surface area contributed by atoms with Crippen LogP contribution in [0.4, 0.5) is 13.2 Å². The van der Waals surface area contributed by atoms with Crippen molar-refractivity contribution in [2.24, 2.45) is 11.5 Å². The summed E-state index contributed by atoms with van der Waals surface area (Å²) in [7, 11) is 0. The molecule has 0 fully saturated rings. The fourth-order valence-electron chi connectivity index (χ4n) is 0.993. The summed E-state index contributed by atoms with van der Waals surface area (Å²) in [5.74, 6) is -0.773. The lowest BCUT2D eigenvalue weighted by atomic mass is 9.95. The van der Waals surface area contributed by atoms with E-state index in [-0.39, 0.29) is 6.42 Å². The molecule has 0 saturated carbocycles. The number of hydrogen-bond acceptors (Lipinski definition) is 3. The van der Waals surface area contributed by atoms with Crippen molar-refractivity contribution in [2.45, 2.75) is 38.1 Å². The Hall–Kier alpha value is -0.820. The number of rotatable bonds is 5. The highest BCUT2D eigenvalue weighted by Gasteiger charge is 2.32. The van der Waals surface area contributed by atoms with Crippen molar-refractivity contribution in [3.8, 4) is 0 Å². The first-order valence-corrected chi connectivity index (χ1v) is 4.32. The highest BCUT2D eigenvalue weighted by Crippen LogP contribution is 2.18. The minimum absolute atomic E-state index is 0.0571. The van der Waals surface area contributed by atoms with Gasteiger partial charge in [0.1, 0.15) is 6.61 Å². The first kappa shape index (κ1) is 14.2. The second-order valence-corrected chi connectivity index (χ2v) is 3.72. The zero-order valence-corrected chi connectivity index (χ0v) is 8.60. The Balaban J connectivity index is 4.04. The standard InChI is InChI=1S/C8H15F3N2O2/c1-5(15-4-8(9,10)11)3-7(2,13)6(12)14/h5H,3-4,13H2,1-2H3,(H2,12,14). The molecule has 0 radical (unpaired) electrons. The summed E-state index contributed by atoms with van der Waals surface area (Å²) >= 11 is 0. The molecule has 2 unspecified atom stereocenters. The van der Waals surface area contributed by atoms with E-state index in [2.05, 4.69) is 4.74 Å². The summed E-state index contributed by atoms with van der Waals surface area (Å²) in [4.78, 5) is 10.8. The second kappa shape index (κ2) is 4.80. The number of alkyl halides is 3. The summed E-state index contributed by atoms with van der Waals surface area (Å²) in [6, 6.07) is 0. The molecule has 0 aliphatic carbocycles. The predicted molar refractivity (Wildman–Crippen MR) is 47.9 cm³/mol. The summed E-state index contributed by atoms with van der Waals surface area (Å²) in [5.41, 5.74) is 9.07. The van der Waals surface area contributed by atoms with E-state index in [4.69, 9.17) is 11.5 Å². The highest BCUT2D eigenvalue weighted by molar-refractivity contribution is 5.83. The molecule has 4 nitrogen and oxygen atoms in total. The Morgan fingerprint density at radius 2 is 1.93 bits per heavy atom. The van der Waals surface area contributed by atoms with E-state index < -0.39 is 30.3 Å². The van der Waals surface area contributed by atoms with Crippen LogP contribution in [0.1, 0.15) is 20.3 Å². The van der Waals surface area contributed by atoms with Crippen molar-refractivity contribution in [2.75, 3.05) is 6.61 Å². The van der Waals surface area contributed by atoms with Crippen LogP contribution in [0.3, 0.4) is 0 Å². The van der Waals surface area contributed by atoms with Gasteiger partial charge in [-0.25, -0.2) is 0 Å². The summed E-state index contributed by atoms with van der Waals surface area (Å²) in [5, 5.41) is 0. The summed E-state index contributed by atoms with van der Waals surface area (Å²) in [6.07, 6.45) is -5.22. The van der Waals surface area contributed by atoms with Gasteiger partial charge in [-0.3, -0.25) is 4.79 Å². The molecule has 2 atom stereocenters.